The maximum absolute atomic E-state index is 2.46. The van der Waals surface area contributed by atoms with E-state index in [1.165, 1.54) is 25.7 Å². The molecule has 0 aliphatic heterocycles. The van der Waals surface area contributed by atoms with Crippen LogP contribution in [0.2, 0.25) is 0 Å². The van der Waals surface area contributed by atoms with Crippen molar-refractivity contribution in [2.75, 3.05) is 0 Å². The summed E-state index contributed by atoms with van der Waals surface area (Å²) >= 11 is 0. The van der Waals surface area contributed by atoms with Crippen LogP contribution in [0.1, 0.15) is 104 Å². The molecule has 3 saturated carbocycles. The smallest absolute Gasteiger partial charge is 0.0386 e. The molecule has 0 spiro atoms. The Morgan fingerprint density at radius 2 is 0.909 bits per heavy atom. The number of hydrogen-bond donors (Lipinski definition) is 0. The Bertz CT molecular complexity index is 296. The minimum absolute atomic E-state index is 1.02. The van der Waals surface area contributed by atoms with Gasteiger partial charge in [0, 0.05) is 0 Å². The lowest BCUT2D eigenvalue weighted by Gasteiger charge is -2.41. The highest BCUT2D eigenvalue weighted by molar-refractivity contribution is 4.85. The van der Waals surface area contributed by atoms with Gasteiger partial charge in [-0.2, -0.15) is 0 Å². The second kappa shape index (κ2) is 8.20. The third-order valence-corrected chi connectivity index (χ3v) is 7.80. The van der Waals surface area contributed by atoms with Gasteiger partial charge in [0.1, 0.15) is 0 Å². The Labute approximate surface area is 139 Å². The fourth-order valence-corrected chi connectivity index (χ4v) is 6.20. The Kier molecular flexibility index (Phi) is 6.28. The monoisotopic (exact) mass is 304 g/mol. The standard InChI is InChI=1S/C22H40/c1-3-4-18-7-11-20(12-8-18)22-15-13-21(14-16-22)19-9-5-17(2)6-10-19/h17-22H,3-16H2,1-2H3. The minimum Gasteiger partial charge on any atom is -0.0654 e. The molecule has 128 valence electrons. The molecule has 0 nitrogen and oxygen atoms in total. The van der Waals surface area contributed by atoms with Crippen LogP contribution in [0.5, 0.6) is 0 Å². The van der Waals surface area contributed by atoms with Crippen LogP contribution in [0.15, 0.2) is 0 Å². The third kappa shape index (κ3) is 4.30. The van der Waals surface area contributed by atoms with Crippen LogP contribution in [0.4, 0.5) is 0 Å². The molecule has 0 saturated heterocycles. The van der Waals surface area contributed by atoms with E-state index in [2.05, 4.69) is 13.8 Å². The van der Waals surface area contributed by atoms with Gasteiger partial charge in [-0.15, -0.1) is 0 Å². The molecule has 0 atom stereocenters. The molecule has 0 unspecified atom stereocenters. The van der Waals surface area contributed by atoms with Crippen molar-refractivity contribution in [3.8, 4) is 0 Å². The number of rotatable bonds is 4. The summed E-state index contributed by atoms with van der Waals surface area (Å²) in [5.74, 6) is 6.55. The van der Waals surface area contributed by atoms with Gasteiger partial charge in [-0.1, -0.05) is 52.4 Å². The summed E-state index contributed by atoms with van der Waals surface area (Å²) in [5, 5.41) is 0. The molecule has 22 heavy (non-hydrogen) atoms. The SMILES string of the molecule is CCCC1CCC(C2CCC(C3CCC(C)CC3)CC2)CC1. The van der Waals surface area contributed by atoms with Crippen molar-refractivity contribution in [2.45, 2.75) is 104 Å². The largest absolute Gasteiger partial charge is 0.0654 e. The molecule has 3 rings (SSSR count). The van der Waals surface area contributed by atoms with E-state index in [4.69, 9.17) is 0 Å². The van der Waals surface area contributed by atoms with E-state index in [9.17, 15) is 0 Å². The first kappa shape index (κ1) is 16.8. The van der Waals surface area contributed by atoms with Crippen LogP contribution in [0, 0.1) is 35.5 Å². The van der Waals surface area contributed by atoms with E-state index in [-0.39, 0.29) is 0 Å². The third-order valence-electron chi connectivity index (χ3n) is 7.80. The molecule has 0 aromatic heterocycles. The average molecular weight is 305 g/mol. The van der Waals surface area contributed by atoms with Crippen molar-refractivity contribution < 1.29 is 0 Å². The van der Waals surface area contributed by atoms with Crippen LogP contribution in [0.3, 0.4) is 0 Å². The Morgan fingerprint density at radius 3 is 1.32 bits per heavy atom. The van der Waals surface area contributed by atoms with Crippen molar-refractivity contribution in [3.63, 3.8) is 0 Å². The predicted octanol–water partition coefficient (Wildman–Crippen LogP) is 7.23. The molecule has 0 bridgehead atoms. The summed E-state index contributed by atoms with van der Waals surface area (Å²) in [5.41, 5.74) is 0. The van der Waals surface area contributed by atoms with Crippen LogP contribution in [-0.4, -0.2) is 0 Å². The van der Waals surface area contributed by atoms with E-state index in [0.29, 0.717) is 0 Å². The topological polar surface area (TPSA) is 0 Å². The first-order valence-corrected chi connectivity index (χ1v) is 10.8. The lowest BCUT2D eigenvalue weighted by atomic mass is 9.65. The predicted molar refractivity (Wildman–Crippen MR) is 96.9 cm³/mol. The zero-order valence-corrected chi connectivity index (χ0v) is 15.4. The number of hydrogen-bond acceptors (Lipinski definition) is 0. The maximum Gasteiger partial charge on any atom is -0.0386 e. The van der Waals surface area contributed by atoms with Gasteiger partial charge < -0.3 is 0 Å². The average Bonchev–Trinajstić information content (AvgIpc) is 2.57. The maximum atomic E-state index is 2.46. The van der Waals surface area contributed by atoms with E-state index in [0.717, 1.165) is 35.5 Å². The van der Waals surface area contributed by atoms with Crippen LogP contribution in [-0.2, 0) is 0 Å². The van der Waals surface area contributed by atoms with Crippen molar-refractivity contribution in [3.05, 3.63) is 0 Å². The highest BCUT2D eigenvalue weighted by Gasteiger charge is 2.34. The van der Waals surface area contributed by atoms with E-state index < -0.39 is 0 Å². The van der Waals surface area contributed by atoms with E-state index in [1.54, 1.807) is 64.2 Å². The first-order chi connectivity index (χ1) is 10.8. The van der Waals surface area contributed by atoms with Gasteiger partial charge in [-0.3, -0.25) is 0 Å². The summed E-state index contributed by atoms with van der Waals surface area (Å²) in [4.78, 5) is 0. The fraction of sp³-hybridized carbons (Fsp3) is 1.00. The lowest BCUT2D eigenvalue weighted by molar-refractivity contribution is 0.105. The summed E-state index contributed by atoms with van der Waals surface area (Å²) in [6.45, 7) is 4.82. The summed E-state index contributed by atoms with van der Waals surface area (Å²) in [6.07, 6.45) is 21.6. The second-order valence-corrected chi connectivity index (χ2v) is 9.26. The van der Waals surface area contributed by atoms with Crippen LogP contribution in [0.25, 0.3) is 0 Å². The van der Waals surface area contributed by atoms with Crippen molar-refractivity contribution in [2.24, 2.45) is 35.5 Å². The first-order valence-electron chi connectivity index (χ1n) is 10.8. The Hall–Kier alpha value is 0. The summed E-state index contributed by atoms with van der Waals surface area (Å²) < 4.78 is 0. The van der Waals surface area contributed by atoms with Gasteiger partial charge in [0.2, 0.25) is 0 Å². The van der Waals surface area contributed by atoms with Crippen molar-refractivity contribution >= 4 is 0 Å². The molecule has 0 heteroatoms. The second-order valence-electron chi connectivity index (χ2n) is 9.26. The molecule has 0 heterocycles. The molecule has 0 amide bonds. The molecule has 0 aromatic rings. The summed E-state index contributed by atoms with van der Waals surface area (Å²) in [6, 6.07) is 0. The molecule has 3 aliphatic rings. The van der Waals surface area contributed by atoms with E-state index in [1.807, 2.05) is 0 Å². The fourth-order valence-electron chi connectivity index (χ4n) is 6.20. The molecule has 3 aliphatic carbocycles. The lowest BCUT2D eigenvalue weighted by Crippen LogP contribution is -2.29. The quantitative estimate of drug-likeness (QED) is 0.514. The van der Waals surface area contributed by atoms with Crippen LogP contribution < -0.4 is 0 Å². The molecular formula is C22H40. The van der Waals surface area contributed by atoms with Gasteiger partial charge in [-0.25, -0.2) is 0 Å². The minimum atomic E-state index is 1.02. The van der Waals surface area contributed by atoms with Gasteiger partial charge >= 0.3 is 0 Å². The summed E-state index contributed by atoms with van der Waals surface area (Å²) in [7, 11) is 0. The highest BCUT2D eigenvalue weighted by Crippen LogP contribution is 2.46. The molecule has 0 aromatic carbocycles. The van der Waals surface area contributed by atoms with E-state index >= 15 is 0 Å². The van der Waals surface area contributed by atoms with Crippen molar-refractivity contribution in [1.29, 1.82) is 0 Å². The molecular weight excluding hydrogens is 264 g/mol. The highest BCUT2D eigenvalue weighted by atomic mass is 14.4. The van der Waals surface area contributed by atoms with Gasteiger partial charge in [0.25, 0.3) is 0 Å². The van der Waals surface area contributed by atoms with Gasteiger partial charge in [-0.05, 0) is 86.9 Å². The van der Waals surface area contributed by atoms with Gasteiger partial charge in [0.05, 0.1) is 0 Å². The Balaban J connectivity index is 1.39. The normalized spacial score (nSPS) is 43.9. The van der Waals surface area contributed by atoms with Crippen molar-refractivity contribution in [1.82, 2.24) is 0 Å². The van der Waals surface area contributed by atoms with Crippen LogP contribution >= 0.6 is 0 Å². The zero-order valence-electron chi connectivity index (χ0n) is 15.4. The van der Waals surface area contributed by atoms with Gasteiger partial charge in [0.15, 0.2) is 0 Å². The molecule has 0 N–H and O–H groups in total. The Morgan fingerprint density at radius 1 is 0.545 bits per heavy atom. The molecule has 3 fully saturated rings. The zero-order chi connectivity index (χ0) is 15.4. The molecule has 0 radical (unpaired) electrons.